The summed E-state index contributed by atoms with van der Waals surface area (Å²) in [5.74, 6) is -0.785. The number of carbonyl (C=O) groups is 2. The van der Waals surface area contributed by atoms with Crippen molar-refractivity contribution < 1.29 is 14.7 Å². The van der Waals surface area contributed by atoms with Crippen LogP contribution >= 0.6 is 0 Å². The smallest absolute Gasteiger partial charge is 0.303 e. The Hall–Kier alpha value is -1.84. The molecule has 1 amide bonds. The van der Waals surface area contributed by atoms with Crippen LogP contribution in [0.4, 0.5) is 5.69 Å². The van der Waals surface area contributed by atoms with Crippen LogP contribution in [0, 0.1) is 13.8 Å². The van der Waals surface area contributed by atoms with Crippen molar-refractivity contribution in [2.24, 2.45) is 0 Å². The molecule has 1 aromatic rings. The molecule has 104 valence electrons. The first-order valence-electron chi connectivity index (χ1n) is 6.47. The minimum absolute atomic E-state index is 0.0253. The first kappa shape index (κ1) is 15.2. The van der Waals surface area contributed by atoms with Gasteiger partial charge in [0.2, 0.25) is 5.91 Å². The van der Waals surface area contributed by atoms with Crippen LogP contribution in [0.2, 0.25) is 0 Å². The number of rotatable bonds is 6. The van der Waals surface area contributed by atoms with Gasteiger partial charge in [-0.3, -0.25) is 9.59 Å². The second-order valence-electron chi connectivity index (χ2n) is 4.84. The highest BCUT2D eigenvalue weighted by Crippen LogP contribution is 2.21. The fraction of sp³-hybridized carbons (Fsp3) is 0.467. The van der Waals surface area contributed by atoms with Crippen LogP contribution in [0.15, 0.2) is 18.2 Å². The first-order chi connectivity index (χ1) is 8.91. The summed E-state index contributed by atoms with van der Waals surface area (Å²) in [5, 5.41) is 8.53. The molecule has 0 bridgehead atoms. The van der Waals surface area contributed by atoms with E-state index in [9.17, 15) is 9.59 Å². The number of hydrogen-bond acceptors (Lipinski definition) is 2. The van der Waals surface area contributed by atoms with E-state index in [0.29, 0.717) is 19.3 Å². The first-order valence-corrected chi connectivity index (χ1v) is 6.47. The van der Waals surface area contributed by atoms with Crippen LogP contribution in [0.5, 0.6) is 0 Å². The lowest BCUT2D eigenvalue weighted by Crippen LogP contribution is -2.26. The van der Waals surface area contributed by atoms with E-state index in [1.807, 2.05) is 32.0 Å². The number of amides is 1. The van der Waals surface area contributed by atoms with Crippen molar-refractivity contribution >= 4 is 17.6 Å². The van der Waals surface area contributed by atoms with E-state index < -0.39 is 5.97 Å². The average Bonchev–Trinajstić information content (AvgIpc) is 2.33. The highest BCUT2D eigenvalue weighted by atomic mass is 16.4. The van der Waals surface area contributed by atoms with Crippen LogP contribution in [-0.4, -0.2) is 24.0 Å². The number of nitrogens with zero attached hydrogens (tertiary/aromatic N) is 1. The molecule has 0 saturated carbocycles. The Labute approximate surface area is 114 Å². The minimum atomic E-state index is -0.810. The summed E-state index contributed by atoms with van der Waals surface area (Å²) in [5.41, 5.74) is 3.15. The monoisotopic (exact) mass is 263 g/mol. The molecule has 0 aliphatic rings. The van der Waals surface area contributed by atoms with Crippen LogP contribution in [-0.2, 0) is 9.59 Å². The number of carbonyl (C=O) groups excluding carboxylic acids is 1. The lowest BCUT2D eigenvalue weighted by Gasteiger charge is -2.20. The Bertz CT molecular complexity index is 468. The molecular formula is C15H21NO3. The number of hydrogen-bond donors (Lipinski definition) is 1. The van der Waals surface area contributed by atoms with Gasteiger partial charge in [0.15, 0.2) is 0 Å². The van der Waals surface area contributed by atoms with E-state index >= 15 is 0 Å². The molecule has 4 nitrogen and oxygen atoms in total. The maximum absolute atomic E-state index is 12.0. The quantitative estimate of drug-likeness (QED) is 0.803. The Kier molecular flexibility index (Phi) is 5.55. The van der Waals surface area contributed by atoms with Crippen molar-refractivity contribution in [2.75, 3.05) is 11.9 Å². The lowest BCUT2D eigenvalue weighted by atomic mass is 10.1. The summed E-state index contributed by atoms with van der Waals surface area (Å²) >= 11 is 0. The summed E-state index contributed by atoms with van der Waals surface area (Å²) in [6, 6.07) is 5.97. The van der Waals surface area contributed by atoms with E-state index in [1.54, 1.807) is 11.9 Å². The molecule has 0 spiro atoms. The fourth-order valence-electron chi connectivity index (χ4n) is 2.04. The SMILES string of the molecule is Cc1ccc(N(C)C(=O)CCCCC(=O)O)c(C)c1. The number of aryl methyl sites for hydroxylation is 2. The molecule has 0 unspecified atom stereocenters. The van der Waals surface area contributed by atoms with Gasteiger partial charge >= 0.3 is 5.97 Å². The Morgan fingerprint density at radius 1 is 1.16 bits per heavy atom. The topological polar surface area (TPSA) is 57.6 Å². The zero-order chi connectivity index (χ0) is 14.4. The van der Waals surface area contributed by atoms with E-state index in [2.05, 4.69) is 0 Å². The van der Waals surface area contributed by atoms with Gasteiger partial charge in [0.05, 0.1) is 0 Å². The van der Waals surface area contributed by atoms with Crippen molar-refractivity contribution in [1.29, 1.82) is 0 Å². The van der Waals surface area contributed by atoms with Crippen LogP contribution in [0.3, 0.4) is 0 Å². The Morgan fingerprint density at radius 2 is 1.79 bits per heavy atom. The molecule has 0 atom stereocenters. The summed E-state index contributed by atoms with van der Waals surface area (Å²) in [6.45, 7) is 4.00. The van der Waals surface area contributed by atoms with Gasteiger partial charge in [-0.1, -0.05) is 17.7 Å². The van der Waals surface area contributed by atoms with E-state index in [0.717, 1.165) is 11.3 Å². The molecule has 1 N–H and O–H groups in total. The number of unbranched alkanes of at least 4 members (excludes halogenated alkanes) is 1. The molecular weight excluding hydrogens is 242 g/mol. The lowest BCUT2D eigenvalue weighted by molar-refractivity contribution is -0.137. The normalized spacial score (nSPS) is 10.3. The molecule has 0 radical (unpaired) electrons. The number of aliphatic carboxylic acids is 1. The summed E-state index contributed by atoms with van der Waals surface area (Å²) in [6.07, 6.45) is 1.67. The largest absolute Gasteiger partial charge is 0.481 e. The molecule has 0 fully saturated rings. The summed E-state index contributed by atoms with van der Waals surface area (Å²) in [4.78, 5) is 24.0. The molecule has 1 aromatic carbocycles. The van der Waals surface area contributed by atoms with Crippen LogP contribution in [0.25, 0.3) is 0 Å². The van der Waals surface area contributed by atoms with Crippen molar-refractivity contribution in [3.63, 3.8) is 0 Å². The van der Waals surface area contributed by atoms with Gasteiger partial charge < -0.3 is 10.0 Å². The van der Waals surface area contributed by atoms with E-state index in [1.165, 1.54) is 5.56 Å². The predicted octanol–water partition coefficient (Wildman–Crippen LogP) is 2.91. The third-order valence-corrected chi connectivity index (χ3v) is 3.12. The average molecular weight is 263 g/mol. The molecule has 0 aliphatic carbocycles. The fourth-order valence-corrected chi connectivity index (χ4v) is 2.04. The van der Waals surface area contributed by atoms with Gasteiger partial charge in [-0.15, -0.1) is 0 Å². The van der Waals surface area contributed by atoms with E-state index in [4.69, 9.17) is 5.11 Å². The molecule has 0 aliphatic heterocycles. The predicted molar refractivity (Wildman–Crippen MR) is 75.4 cm³/mol. The highest BCUT2D eigenvalue weighted by Gasteiger charge is 2.12. The molecule has 19 heavy (non-hydrogen) atoms. The number of carboxylic acid groups (broad SMARTS) is 1. The van der Waals surface area contributed by atoms with E-state index in [-0.39, 0.29) is 12.3 Å². The Balaban J connectivity index is 2.54. The number of carboxylic acids is 1. The van der Waals surface area contributed by atoms with Crippen LogP contribution < -0.4 is 4.90 Å². The van der Waals surface area contributed by atoms with Crippen LogP contribution in [0.1, 0.15) is 36.8 Å². The van der Waals surface area contributed by atoms with Gasteiger partial charge in [0, 0.05) is 25.6 Å². The summed E-state index contributed by atoms with van der Waals surface area (Å²) < 4.78 is 0. The molecule has 0 saturated heterocycles. The van der Waals surface area contributed by atoms with Gasteiger partial charge in [0.1, 0.15) is 0 Å². The highest BCUT2D eigenvalue weighted by molar-refractivity contribution is 5.93. The zero-order valence-electron chi connectivity index (χ0n) is 11.8. The third-order valence-electron chi connectivity index (χ3n) is 3.12. The third kappa shape index (κ3) is 4.73. The molecule has 0 aromatic heterocycles. The van der Waals surface area contributed by atoms with Gasteiger partial charge in [-0.05, 0) is 38.3 Å². The standard InChI is InChI=1S/C15H21NO3/c1-11-8-9-13(12(2)10-11)16(3)14(17)6-4-5-7-15(18)19/h8-10H,4-7H2,1-3H3,(H,18,19). The van der Waals surface area contributed by atoms with Crippen molar-refractivity contribution in [3.8, 4) is 0 Å². The van der Waals surface area contributed by atoms with Crippen molar-refractivity contribution in [1.82, 2.24) is 0 Å². The van der Waals surface area contributed by atoms with Gasteiger partial charge in [0.25, 0.3) is 0 Å². The van der Waals surface area contributed by atoms with Crippen molar-refractivity contribution in [3.05, 3.63) is 29.3 Å². The Morgan fingerprint density at radius 3 is 2.37 bits per heavy atom. The number of benzene rings is 1. The zero-order valence-corrected chi connectivity index (χ0v) is 11.8. The van der Waals surface area contributed by atoms with Gasteiger partial charge in [-0.2, -0.15) is 0 Å². The second kappa shape index (κ2) is 6.92. The molecule has 1 rings (SSSR count). The minimum Gasteiger partial charge on any atom is -0.481 e. The molecule has 0 heterocycles. The maximum Gasteiger partial charge on any atom is 0.303 e. The van der Waals surface area contributed by atoms with Crippen molar-refractivity contribution in [2.45, 2.75) is 39.5 Å². The summed E-state index contributed by atoms with van der Waals surface area (Å²) in [7, 11) is 1.76. The number of anilines is 1. The van der Waals surface area contributed by atoms with Gasteiger partial charge in [-0.25, -0.2) is 0 Å². The maximum atomic E-state index is 12.0. The molecule has 4 heteroatoms. The second-order valence-corrected chi connectivity index (χ2v) is 4.84.